The van der Waals surface area contributed by atoms with Gasteiger partial charge in [0, 0.05) is 6.42 Å². The topological polar surface area (TPSA) is 71.9 Å². The van der Waals surface area contributed by atoms with Crippen molar-refractivity contribution >= 4 is 5.78 Å². The molecule has 2 rings (SSSR count). The summed E-state index contributed by atoms with van der Waals surface area (Å²) in [5.41, 5.74) is -1.79. The molecule has 0 radical (unpaired) electrons. The molecule has 1 saturated carbocycles. The molecule has 1 aromatic rings. The van der Waals surface area contributed by atoms with Crippen LogP contribution in [-0.2, 0) is 4.79 Å². The third kappa shape index (κ3) is 2.20. The van der Waals surface area contributed by atoms with Gasteiger partial charge in [-0.3, -0.25) is 19.1 Å². The molecule has 5 nitrogen and oxygen atoms in total. The van der Waals surface area contributed by atoms with Crippen LogP contribution < -0.4 is 11.2 Å². The smallest absolute Gasteiger partial charge is 0.297 e. The third-order valence-corrected chi connectivity index (χ3v) is 3.14. The summed E-state index contributed by atoms with van der Waals surface area (Å²) in [6.45, 7) is 1.98. The molecule has 1 N–H and O–H groups in total. The number of Topliss-reactive ketones (excluding diaryl/α,β-unsaturated/α-hetero) is 1. The van der Waals surface area contributed by atoms with Gasteiger partial charge in [-0.05, 0) is 18.8 Å². The molecule has 0 unspecified atom stereocenters. The summed E-state index contributed by atoms with van der Waals surface area (Å²) in [5, 5.41) is 0. The Morgan fingerprint density at radius 1 is 1.41 bits per heavy atom. The van der Waals surface area contributed by atoms with Crippen LogP contribution in [0.2, 0.25) is 0 Å². The van der Waals surface area contributed by atoms with E-state index in [-0.39, 0.29) is 5.78 Å². The van der Waals surface area contributed by atoms with Gasteiger partial charge >= 0.3 is 5.69 Å². The number of halogens is 1. The number of rotatable bonds is 1. The molecule has 6 heteroatoms. The molecule has 1 fully saturated rings. The minimum Gasteiger partial charge on any atom is -0.297 e. The zero-order valence-electron chi connectivity index (χ0n) is 9.40. The van der Waals surface area contributed by atoms with E-state index >= 15 is 0 Å². The van der Waals surface area contributed by atoms with Crippen molar-refractivity contribution in [3.05, 3.63) is 32.9 Å². The molecule has 92 valence electrons. The van der Waals surface area contributed by atoms with E-state index in [9.17, 15) is 18.8 Å². The van der Waals surface area contributed by atoms with E-state index in [1.807, 2.05) is 11.9 Å². The Morgan fingerprint density at radius 2 is 2.12 bits per heavy atom. The Morgan fingerprint density at radius 3 is 2.82 bits per heavy atom. The lowest BCUT2D eigenvalue weighted by molar-refractivity contribution is -0.124. The van der Waals surface area contributed by atoms with E-state index in [2.05, 4.69) is 0 Å². The molecule has 0 aliphatic heterocycles. The van der Waals surface area contributed by atoms with E-state index < -0.39 is 23.1 Å². The lowest BCUT2D eigenvalue weighted by Gasteiger charge is -2.26. The Labute approximate surface area is 96.3 Å². The highest BCUT2D eigenvalue weighted by atomic mass is 19.1. The molecule has 0 aromatic carbocycles. The molecule has 1 aliphatic carbocycles. The predicted molar refractivity (Wildman–Crippen MR) is 58.3 cm³/mol. The average molecular weight is 240 g/mol. The van der Waals surface area contributed by atoms with Crippen molar-refractivity contribution < 1.29 is 9.18 Å². The van der Waals surface area contributed by atoms with Crippen LogP contribution in [-0.4, -0.2) is 15.3 Å². The molecular formula is C11H13FN2O3. The standard InChI is InChI=1S/C11H13FN2O3/c1-6-2-3-9(15)8(4-6)14-5-7(12)10(16)13-11(14)17/h5-6,8H,2-4H2,1H3,(H,13,16,17)/t6-,8-/m0/s1. The van der Waals surface area contributed by atoms with Gasteiger partial charge in [-0.25, -0.2) is 4.79 Å². The number of aromatic nitrogens is 2. The van der Waals surface area contributed by atoms with Gasteiger partial charge in [-0.1, -0.05) is 6.92 Å². The highest BCUT2D eigenvalue weighted by Gasteiger charge is 2.29. The maximum Gasteiger partial charge on any atom is 0.329 e. The fourth-order valence-electron chi connectivity index (χ4n) is 2.15. The van der Waals surface area contributed by atoms with E-state index in [1.165, 1.54) is 0 Å². The maximum atomic E-state index is 13.1. The normalized spacial score (nSPS) is 24.9. The summed E-state index contributed by atoms with van der Waals surface area (Å²) in [6.07, 6.45) is 2.50. The molecule has 0 amide bonds. The van der Waals surface area contributed by atoms with E-state index in [4.69, 9.17) is 0 Å². The second kappa shape index (κ2) is 4.27. The number of ketones is 1. The monoisotopic (exact) mass is 240 g/mol. The summed E-state index contributed by atoms with van der Waals surface area (Å²) in [7, 11) is 0. The van der Waals surface area contributed by atoms with Crippen molar-refractivity contribution in [1.29, 1.82) is 0 Å². The van der Waals surface area contributed by atoms with Crippen molar-refractivity contribution in [2.45, 2.75) is 32.2 Å². The van der Waals surface area contributed by atoms with Crippen molar-refractivity contribution in [1.82, 2.24) is 9.55 Å². The lowest BCUT2D eigenvalue weighted by atomic mass is 9.86. The minimum atomic E-state index is -1.05. The van der Waals surface area contributed by atoms with Crippen LogP contribution >= 0.6 is 0 Å². The molecule has 0 saturated heterocycles. The van der Waals surface area contributed by atoms with E-state index in [0.29, 0.717) is 18.8 Å². The van der Waals surface area contributed by atoms with Crippen LogP contribution in [0.1, 0.15) is 32.2 Å². The zero-order chi connectivity index (χ0) is 12.6. The van der Waals surface area contributed by atoms with Gasteiger partial charge in [-0.15, -0.1) is 0 Å². The molecule has 0 bridgehead atoms. The first-order chi connectivity index (χ1) is 7.99. The first-order valence-corrected chi connectivity index (χ1v) is 5.52. The second-order valence-corrected chi connectivity index (χ2v) is 4.51. The van der Waals surface area contributed by atoms with Gasteiger partial charge in [0.2, 0.25) is 5.82 Å². The summed E-state index contributed by atoms with van der Waals surface area (Å²) in [5.74, 6) is -0.827. The second-order valence-electron chi connectivity index (χ2n) is 4.51. The number of nitrogens with one attached hydrogen (secondary N) is 1. The van der Waals surface area contributed by atoms with Crippen LogP contribution in [0.4, 0.5) is 4.39 Å². The SMILES string of the molecule is C[C@H]1CCC(=O)[C@@H](n2cc(F)c(=O)[nH]c2=O)C1. The van der Waals surface area contributed by atoms with Crippen LogP contribution in [0.3, 0.4) is 0 Å². The van der Waals surface area contributed by atoms with Crippen LogP contribution in [0.25, 0.3) is 0 Å². The molecule has 0 spiro atoms. The first kappa shape index (κ1) is 11.8. The summed E-state index contributed by atoms with van der Waals surface area (Å²) in [4.78, 5) is 36.0. The van der Waals surface area contributed by atoms with Gasteiger partial charge < -0.3 is 0 Å². The number of hydrogen-bond donors (Lipinski definition) is 1. The minimum absolute atomic E-state index is 0.0864. The maximum absolute atomic E-state index is 13.1. The lowest BCUT2D eigenvalue weighted by Crippen LogP contribution is -2.38. The summed E-state index contributed by atoms with van der Waals surface area (Å²) >= 11 is 0. The zero-order valence-corrected chi connectivity index (χ0v) is 9.40. The third-order valence-electron chi connectivity index (χ3n) is 3.14. The number of carbonyl (C=O) groups is 1. The molecule has 1 aromatic heterocycles. The van der Waals surface area contributed by atoms with Crippen LogP contribution in [0.15, 0.2) is 15.8 Å². The Kier molecular flexibility index (Phi) is 2.95. The van der Waals surface area contributed by atoms with E-state index in [1.54, 1.807) is 0 Å². The molecule has 1 aliphatic rings. The molecule has 1 heterocycles. The Hall–Kier alpha value is -1.72. The summed E-state index contributed by atoms with van der Waals surface area (Å²) in [6, 6.07) is -0.655. The number of hydrogen-bond acceptors (Lipinski definition) is 3. The van der Waals surface area contributed by atoms with Crippen molar-refractivity contribution in [2.24, 2.45) is 5.92 Å². The first-order valence-electron chi connectivity index (χ1n) is 5.52. The Balaban J connectivity index is 2.46. The highest BCUT2D eigenvalue weighted by Crippen LogP contribution is 2.28. The fourth-order valence-corrected chi connectivity index (χ4v) is 2.15. The van der Waals surface area contributed by atoms with Gasteiger partial charge in [0.05, 0.1) is 12.2 Å². The number of nitrogens with zero attached hydrogens (tertiary/aromatic N) is 1. The van der Waals surface area contributed by atoms with Crippen LogP contribution in [0.5, 0.6) is 0 Å². The van der Waals surface area contributed by atoms with Crippen molar-refractivity contribution in [2.75, 3.05) is 0 Å². The largest absolute Gasteiger partial charge is 0.329 e. The molecule has 17 heavy (non-hydrogen) atoms. The number of carbonyl (C=O) groups excluding carboxylic acids is 1. The number of H-pyrrole nitrogens is 1. The van der Waals surface area contributed by atoms with Gasteiger partial charge in [-0.2, -0.15) is 4.39 Å². The predicted octanol–water partition coefficient (Wildman–Crippen LogP) is 0.606. The van der Waals surface area contributed by atoms with Gasteiger partial charge in [0.25, 0.3) is 5.56 Å². The van der Waals surface area contributed by atoms with Gasteiger partial charge in [0.15, 0.2) is 5.78 Å². The fraction of sp³-hybridized carbons (Fsp3) is 0.545. The van der Waals surface area contributed by atoms with E-state index in [0.717, 1.165) is 17.2 Å². The quantitative estimate of drug-likeness (QED) is 0.781. The molecular weight excluding hydrogens is 227 g/mol. The highest BCUT2D eigenvalue weighted by molar-refractivity contribution is 5.83. The van der Waals surface area contributed by atoms with Gasteiger partial charge in [0.1, 0.15) is 0 Å². The average Bonchev–Trinajstić information content (AvgIpc) is 2.27. The molecule has 2 atom stereocenters. The van der Waals surface area contributed by atoms with Crippen molar-refractivity contribution in [3.8, 4) is 0 Å². The number of aromatic amines is 1. The summed E-state index contributed by atoms with van der Waals surface area (Å²) < 4.78 is 14.1. The Bertz CT molecular complexity index is 561. The van der Waals surface area contributed by atoms with Crippen LogP contribution in [0, 0.1) is 11.7 Å². The van der Waals surface area contributed by atoms with Crippen molar-refractivity contribution in [3.63, 3.8) is 0 Å².